The smallest absolute Gasteiger partial charge is 0.401 e. The Labute approximate surface area is 136 Å². The molecule has 2 heterocycles. The Morgan fingerprint density at radius 3 is 2.87 bits per heavy atom. The van der Waals surface area contributed by atoms with Crippen LogP contribution in [-0.4, -0.2) is 10.8 Å². The summed E-state index contributed by atoms with van der Waals surface area (Å²) in [5, 5.41) is 22.9. The van der Waals surface area contributed by atoms with Crippen molar-refractivity contribution in [3.05, 3.63) is 50.1 Å². The van der Waals surface area contributed by atoms with Gasteiger partial charge in [0, 0.05) is 11.0 Å². The van der Waals surface area contributed by atoms with Crippen LogP contribution < -0.4 is 5.32 Å². The first-order valence-electron chi connectivity index (χ1n) is 6.72. The lowest BCUT2D eigenvalue weighted by atomic mass is 10.1. The average Bonchev–Trinajstić information content (AvgIpc) is 3.09. The number of thiophene rings is 1. The first-order chi connectivity index (χ1) is 11.0. The molecule has 0 aliphatic rings. The van der Waals surface area contributed by atoms with Crippen molar-refractivity contribution in [1.29, 1.82) is 5.26 Å². The van der Waals surface area contributed by atoms with E-state index >= 15 is 0 Å². The standard InChI is InChI=1S/C15H13N3O4S/c1-3-11-9(2)23-15(12(11)8-16)17-13(19)6-4-10-5-7-14(22-10)18(20)21/h4-7H,3H2,1-2H3,(H,17,19)/b6-4+. The summed E-state index contributed by atoms with van der Waals surface area (Å²) >= 11 is 1.35. The van der Waals surface area contributed by atoms with E-state index in [1.54, 1.807) is 0 Å². The van der Waals surface area contributed by atoms with Gasteiger partial charge in [0.15, 0.2) is 0 Å². The second kappa shape index (κ2) is 6.89. The van der Waals surface area contributed by atoms with E-state index in [-0.39, 0.29) is 5.76 Å². The SMILES string of the molecule is CCc1c(C)sc(NC(=O)/C=C/c2ccc([N+](=O)[O-])o2)c1C#N. The van der Waals surface area contributed by atoms with Crippen LogP contribution in [0.4, 0.5) is 10.9 Å². The van der Waals surface area contributed by atoms with Crippen LogP contribution in [0.3, 0.4) is 0 Å². The molecule has 23 heavy (non-hydrogen) atoms. The number of nitrogens with zero attached hydrogens (tertiary/aromatic N) is 2. The molecule has 7 nitrogen and oxygen atoms in total. The van der Waals surface area contributed by atoms with Gasteiger partial charge in [0.25, 0.3) is 0 Å². The van der Waals surface area contributed by atoms with Gasteiger partial charge in [-0.25, -0.2) is 0 Å². The summed E-state index contributed by atoms with van der Waals surface area (Å²) in [6.45, 7) is 3.85. The number of nitro groups is 1. The van der Waals surface area contributed by atoms with E-state index < -0.39 is 16.7 Å². The third-order valence-corrected chi connectivity index (χ3v) is 4.17. The van der Waals surface area contributed by atoms with Gasteiger partial charge in [0.2, 0.25) is 5.91 Å². The zero-order valence-corrected chi connectivity index (χ0v) is 13.3. The average molecular weight is 331 g/mol. The summed E-state index contributed by atoms with van der Waals surface area (Å²) in [5.74, 6) is -0.633. The molecule has 0 saturated carbocycles. The lowest BCUT2D eigenvalue weighted by molar-refractivity contribution is -0.402. The minimum Gasteiger partial charge on any atom is -0.401 e. The molecule has 0 spiro atoms. The van der Waals surface area contributed by atoms with Gasteiger partial charge in [-0.2, -0.15) is 5.26 Å². The summed E-state index contributed by atoms with van der Waals surface area (Å²) in [7, 11) is 0. The first kappa shape index (κ1) is 16.5. The second-order valence-corrected chi connectivity index (χ2v) is 5.79. The molecule has 0 fully saturated rings. The monoisotopic (exact) mass is 331 g/mol. The maximum absolute atomic E-state index is 11.9. The van der Waals surface area contributed by atoms with Crippen molar-refractivity contribution in [1.82, 2.24) is 0 Å². The predicted molar refractivity (Wildman–Crippen MR) is 86.2 cm³/mol. The largest absolute Gasteiger partial charge is 0.433 e. The number of nitriles is 1. The molecule has 2 aromatic heterocycles. The van der Waals surface area contributed by atoms with Gasteiger partial charge in [-0.1, -0.05) is 6.92 Å². The number of carbonyl (C=O) groups excluding carboxylic acids is 1. The minimum absolute atomic E-state index is 0.198. The van der Waals surface area contributed by atoms with Crippen molar-refractivity contribution in [2.45, 2.75) is 20.3 Å². The first-order valence-corrected chi connectivity index (χ1v) is 7.53. The quantitative estimate of drug-likeness (QED) is 0.511. The highest BCUT2D eigenvalue weighted by atomic mass is 32.1. The van der Waals surface area contributed by atoms with E-state index in [0.717, 1.165) is 10.4 Å². The summed E-state index contributed by atoms with van der Waals surface area (Å²) in [6.07, 6.45) is 3.24. The topological polar surface area (TPSA) is 109 Å². The van der Waals surface area contributed by atoms with Crippen LogP contribution in [0.1, 0.15) is 28.7 Å². The van der Waals surface area contributed by atoms with Gasteiger partial charge in [0.1, 0.15) is 21.8 Å². The van der Waals surface area contributed by atoms with E-state index in [9.17, 15) is 20.2 Å². The zero-order chi connectivity index (χ0) is 17.0. The van der Waals surface area contributed by atoms with Crippen LogP contribution in [0.2, 0.25) is 0 Å². The number of carbonyl (C=O) groups is 1. The lowest BCUT2D eigenvalue weighted by Gasteiger charge is -1.99. The number of hydrogen-bond acceptors (Lipinski definition) is 6. The summed E-state index contributed by atoms with van der Waals surface area (Å²) in [5.41, 5.74) is 1.41. The predicted octanol–water partition coefficient (Wildman–Crippen LogP) is 3.64. The van der Waals surface area contributed by atoms with Crippen LogP contribution in [0.25, 0.3) is 6.08 Å². The molecule has 0 bridgehead atoms. The Bertz CT molecular complexity index is 826. The normalized spacial score (nSPS) is 10.7. The fraction of sp³-hybridized carbons (Fsp3) is 0.200. The van der Waals surface area contributed by atoms with Gasteiger partial charge < -0.3 is 9.73 Å². The molecule has 2 aromatic rings. The van der Waals surface area contributed by atoms with Crippen molar-refractivity contribution < 1.29 is 14.1 Å². The number of rotatable bonds is 5. The fourth-order valence-corrected chi connectivity index (χ4v) is 3.15. The maximum Gasteiger partial charge on any atom is 0.433 e. The third kappa shape index (κ3) is 3.64. The van der Waals surface area contributed by atoms with Gasteiger partial charge in [-0.15, -0.1) is 11.3 Å². The highest BCUT2D eigenvalue weighted by Gasteiger charge is 2.15. The Morgan fingerprint density at radius 2 is 2.30 bits per heavy atom. The molecule has 0 aliphatic carbocycles. The molecule has 2 rings (SSSR count). The molecule has 1 amide bonds. The van der Waals surface area contributed by atoms with E-state index in [0.29, 0.717) is 17.0 Å². The molecule has 0 atom stereocenters. The van der Waals surface area contributed by atoms with E-state index in [1.807, 2.05) is 13.8 Å². The van der Waals surface area contributed by atoms with Gasteiger partial charge in [-0.3, -0.25) is 14.9 Å². The lowest BCUT2D eigenvalue weighted by Crippen LogP contribution is -2.07. The van der Waals surface area contributed by atoms with Crippen LogP contribution in [-0.2, 0) is 11.2 Å². The minimum atomic E-state index is -0.655. The number of anilines is 1. The molecule has 1 N–H and O–H groups in total. The van der Waals surface area contributed by atoms with Crippen molar-refractivity contribution in [2.75, 3.05) is 5.32 Å². The Balaban J connectivity index is 2.12. The van der Waals surface area contributed by atoms with E-state index in [4.69, 9.17) is 4.42 Å². The van der Waals surface area contributed by atoms with Crippen LogP contribution in [0.5, 0.6) is 0 Å². The molecular weight excluding hydrogens is 318 g/mol. The molecule has 118 valence electrons. The second-order valence-electron chi connectivity index (χ2n) is 4.56. The van der Waals surface area contributed by atoms with Crippen molar-refractivity contribution >= 4 is 34.2 Å². The van der Waals surface area contributed by atoms with Crippen LogP contribution >= 0.6 is 11.3 Å². The molecule has 0 saturated heterocycles. The molecule has 0 aromatic carbocycles. The van der Waals surface area contributed by atoms with Crippen molar-refractivity contribution in [2.24, 2.45) is 0 Å². The van der Waals surface area contributed by atoms with Gasteiger partial charge in [0.05, 0.1) is 11.6 Å². The summed E-state index contributed by atoms with van der Waals surface area (Å²) < 4.78 is 4.92. The van der Waals surface area contributed by atoms with Gasteiger partial charge in [-0.05, 0) is 31.1 Å². The molecule has 0 aliphatic heterocycles. The maximum atomic E-state index is 11.9. The number of amides is 1. The van der Waals surface area contributed by atoms with E-state index in [1.165, 1.54) is 35.6 Å². The number of furan rings is 1. The van der Waals surface area contributed by atoms with Crippen molar-refractivity contribution in [3.63, 3.8) is 0 Å². The Kier molecular flexibility index (Phi) is 4.93. The zero-order valence-electron chi connectivity index (χ0n) is 12.5. The molecule has 0 radical (unpaired) electrons. The summed E-state index contributed by atoms with van der Waals surface area (Å²) in [6, 6.07) is 4.71. The van der Waals surface area contributed by atoms with Crippen LogP contribution in [0, 0.1) is 28.4 Å². The highest BCUT2D eigenvalue weighted by Crippen LogP contribution is 2.32. The van der Waals surface area contributed by atoms with Gasteiger partial charge >= 0.3 is 5.88 Å². The Morgan fingerprint density at radius 1 is 1.57 bits per heavy atom. The molecule has 0 unspecified atom stereocenters. The fourth-order valence-electron chi connectivity index (χ4n) is 2.05. The van der Waals surface area contributed by atoms with E-state index in [2.05, 4.69) is 11.4 Å². The summed E-state index contributed by atoms with van der Waals surface area (Å²) in [4.78, 5) is 22.8. The van der Waals surface area contributed by atoms with Crippen LogP contribution in [0.15, 0.2) is 22.6 Å². The number of aryl methyl sites for hydroxylation is 1. The van der Waals surface area contributed by atoms with Crippen molar-refractivity contribution in [3.8, 4) is 6.07 Å². The number of hydrogen-bond donors (Lipinski definition) is 1. The third-order valence-electron chi connectivity index (χ3n) is 3.10. The highest BCUT2D eigenvalue weighted by molar-refractivity contribution is 7.16. The molecule has 8 heteroatoms. The molecular formula is C15H13N3O4S. The Hall–Kier alpha value is -2.92. The number of nitrogens with one attached hydrogen (secondary N) is 1.